The zero-order chi connectivity index (χ0) is 17.1. The molecule has 24 heavy (non-hydrogen) atoms. The Morgan fingerprint density at radius 3 is 2.71 bits per heavy atom. The van der Waals surface area contributed by atoms with Gasteiger partial charge in [-0.1, -0.05) is 12.1 Å². The van der Waals surface area contributed by atoms with Crippen LogP contribution in [-0.2, 0) is 4.79 Å². The van der Waals surface area contributed by atoms with E-state index in [-0.39, 0.29) is 18.1 Å². The van der Waals surface area contributed by atoms with Crippen LogP contribution in [0.25, 0.3) is 0 Å². The second-order valence-corrected chi connectivity index (χ2v) is 5.24. The summed E-state index contributed by atoms with van der Waals surface area (Å²) < 4.78 is 11.1. The predicted octanol–water partition coefficient (Wildman–Crippen LogP) is 1.78. The van der Waals surface area contributed by atoms with Gasteiger partial charge in [-0.25, -0.2) is 5.43 Å². The van der Waals surface area contributed by atoms with Gasteiger partial charge in [0, 0.05) is 11.6 Å². The minimum atomic E-state index is -0.815. The summed E-state index contributed by atoms with van der Waals surface area (Å²) in [6.45, 7) is 1.71. The van der Waals surface area contributed by atoms with E-state index in [4.69, 9.17) is 9.47 Å². The fraction of sp³-hybridized carbons (Fsp3) is 0.176. The highest BCUT2D eigenvalue weighted by molar-refractivity contribution is 6.01. The van der Waals surface area contributed by atoms with Crippen LogP contribution in [0.1, 0.15) is 12.5 Å². The van der Waals surface area contributed by atoms with Gasteiger partial charge in [0.1, 0.15) is 18.1 Å². The maximum absolute atomic E-state index is 12.2. The Morgan fingerprint density at radius 1 is 1.21 bits per heavy atom. The van der Waals surface area contributed by atoms with Crippen LogP contribution < -0.4 is 14.9 Å². The molecule has 1 atom stereocenters. The van der Waals surface area contributed by atoms with Crippen molar-refractivity contribution < 1.29 is 24.5 Å². The molecule has 3 N–H and O–H groups in total. The Labute approximate surface area is 138 Å². The fourth-order valence-corrected chi connectivity index (χ4v) is 2.25. The molecular weight excluding hydrogens is 312 g/mol. The minimum absolute atomic E-state index is 0.0560. The zero-order valence-corrected chi connectivity index (χ0v) is 12.9. The summed E-state index contributed by atoms with van der Waals surface area (Å²) in [5.41, 5.74) is 3.18. The molecule has 1 aliphatic rings. The van der Waals surface area contributed by atoms with Crippen molar-refractivity contribution in [2.24, 2.45) is 5.10 Å². The first-order valence-corrected chi connectivity index (χ1v) is 7.29. The molecule has 2 aromatic carbocycles. The topological polar surface area (TPSA) is 100 Å². The third kappa shape index (κ3) is 3.24. The summed E-state index contributed by atoms with van der Waals surface area (Å²) in [6, 6.07) is 11.2. The number of aromatic hydroxyl groups is 2. The average Bonchev–Trinajstić information content (AvgIpc) is 2.59. The maximum Gasteiger partial charge on any atom is 0.284 e. The average molecular weight is 328 g/mol. The number of carbonyl (C=O) groups excluding carboxylic acids is 1. The maximum atomic E-state index is 12.2. The Hall–Kier alpha value is -3.22. The number of phenols is 2. The van der Waals surface area contributed by atoms with E-state index < -0.39 is 12.0 Å². The van der Waals surface area contributed by atoms with Crippen molar-refractivity contribution in [3.63, 3.8) is 0 Å². The van der Waals surface area contributed by atoms with Crippen LogP contribution in [0.5, 0.6) is 23.0 Å². The molecule has 0 radical (unpaired) electrons. The number of phenolic OH excluding ortho intramolecular Hbond substituents is 2. The Morgan fingerprint density at radius 2 is 1.96 bits per heavy atom. The molecule has 2 aromatic rings. The molecule has 1 heterocycles. The van der Waals surface area contributed by atoms with E-state index in [0.29, 0.717) is 22.8 Å². The molecule has 0 saturated heterocycles. The first kappa shape index (κ1) is 15.7. The lowest BCUT2D eigenvalue weighted by Crippen LogP contribution is -2.42. The van der Waals surface area contributed by atoms with E-state index in [2.05, 4.69) is 10.5 Å². The van der Waals surface area contributed by atoms with Crippen molar-refractivity contribution in [3.8, 4) is 23.0 Å². The second-order valence-electron chi connectivity index (χ2n) is 5.24. The molecule has 0 unspecified atom stereocenters. The van der Waals surface area contributed by atoms with Gasteiger partial charge in [-0.15, -0.1) is 0 Å². The molecule has 0 spiro atoms. The number of carbonyl (C=O) groups is 1. The van der Waals surface area contributed by atoms with Crippen LogP contribution in [0.2, 0.25) is 0 Å². The Balaban J connectivity index is 1.67. The van der Waals surface area contributed by atoms with Gasteiger partial charge >= 0.3 is 0 Å². The highest BCUT2D eigenvalue weighted by Gasteiger charge is 2.27. The van der Waals surface area contributed by atoms with Gasteiger partial charge in [0.25, 0.3) is 5.91 Å². The standard InChI is InChI=1S/C17H16N2O5/c1-10(12-7-6-11(20)8-13(12)21)18-19-17(22)16-9-23-14-4-2-3-5-15(14)24-16/h2-8,16,20-21H,9H2,1H3,(H,19,22)/b18-10+/t16-/m1/s1. The van der Waals surface area contributed by atoms with Gasteiger partial charge < -0.3 is 19.7 Å². The van der Waals surface area contributed by atoms with E-state index >= 15 is 0 Å². The van der Waals surface area contributed by atoms with Crippen LogP contribution in [0, 0.1) is 0 Å². The second kappa shape index (κ2) is 6.49. The molecule has 0 fully saturated rings. The molecule has 7 heteroatoms. The summed E-state index contributed by atoms with van der Waals surface area (Å²) in [6.07, 6.45) is -0.815. The van der Waals surface area contributed by atoms with E-state index in [9.17, 15) is 15.0 Å². The normalized spacial score (nSPS) is 16.5. The number of hydrogen-bond donors (Lipinski definition) is 3. The number of nitrogens with zero attached hydrogens (tertiary/aromatic N) is 1. The summed E-state index contributed by atoms with van der Waals surface area (Å²) >= 11 is 0. The quantitative estimate of drug-likeness (QED) is 0.589. The molecule has 3 rings (SSSR count). The van der Waals surface area contributed by atoms with Crippen molar-refractivity contribution >= 4 is 11.6 Å². The van der Waals surface area contributed by atoms with Gasteiger partial charge in [0.15, 0.2) is 11.5 Å². The molecule has 0 bridgehead atoms. The third-order valence-corrected chi connectivity index (χ3v) is 3.51. The molecule has 0 aromatic heterocycles. The number of benzene rings is 2. The van der Waals surface area contributed by atoms with Crippen molar-refractivity contribution in [1.82, 2.24) is 5.43 Å². The number of ether oxygens (including phenoxy) is 2. The Bertz CT molecular complexity index is 803. The van der Waals surface area contributed by atoms with E-state index in [1.165, 1.54) is 18.2 Å². The molecule has 1 amide bonds. The van der Waals surface area contributed by atoms with Crippen LogP contribution in [0.3, 0.4) is 0 Å². The monoisotopic (exact) mass is 328 g/mol. The lowest BCUT2D eigenvalue weighted by molar-refractivity contribution is -0.130. The van der Waals surface area contributed by atoms with E-state index in [0.717, 1.165) is 0 Å². The lowest BCUT2D eigenvalue weighted by atomic mass is 10.1. The minimum Gasteiger partial charge on any atom is -0.508 e. The summed E-state index contributed by atoms with van der Waals surface area (Å²) in [5, 5.41) is 23.0. The SMILES string of the molecule is C/C(=N\NC(=O)[C@H]1COc2ccccc2O1)c1ccc(O)cc1O. The van der Waals surface area contributed by atoms with Crippen molar-refractivity contribution in [2.75, 3.05) is 6.61 Å². The van der Waals surface area contributed by atoms with E-state index in [1.54, 1.807) is 25.1 Å². The summed E-state index contributed by atoms with van der Waals surface area (Å²) in [4.78, 5) is 12.2. The van der Waals surface area contributed by atoms with Crippen molar-refractivity contribution in [1.29, 1.82) is 0 Å². The zero-order valence-electron chi connectivity index (χ0n) is 12.9. The molecule has 0 saturated carbocycles. The van der Waals surface area contributed by atoms with Gasteiger partial charge in [0.05, 0.1) is 5.71 Å². The highest BCUT2D eigenvalue weighted by atomic mass is 16.6. The van der Waals surface area contributed by atoms with Gasteiger partial charge in [-0.05, 0) is 31.2 Å². The number of nitrogens with one attached hydrogen (secondary N) is 1. The van der Waals surface area contributed by atoms with Gasteiger partial charge in [-0.2, -0.15) is 5.10 Å². The van der Waals surface area contributed by atoms with Gasteiger partial charge in [0.2, 0.25) is 6.10 Å². The first-order valence-electron chi connectivity index (χ1n) is 7.29. The van der Waals surface area contributed by atoms with Crippen LogP contribution >= 0.6 is 0 Å². The first-order chi connectivity index (χ1) is 11.5. The number of rotatable bonds is 3. The summed E-state index contributed by atoms with van der Waals surface area (Å²) in [5.74, 6) is 0.453. The number of fused-ring (bicyclic) bond motifs is 1. The molecule has 7 nitrogen and oxygen atoms in total. The van der Waals surface area contributed by atoms with Crippen molar-refractivity contribution in [3.05, 3.63) is 48.0 Å². The largest absolute Gasteiger partial charge is 0.508 e. The number of amides is 1. The molecule has 1 aliphatic heterocycles. The number of para-hydroxylation sites is 2. The van der Waals surface area contributed by atoms with Crippen LogP contribution in [-0.4, -0.2) is 34.5 Å². The van der Waals surface area contributed by atoms with Crippen LogP contribution in [0.4, 0.5) is 0 Å². The molecule has 0 aliphatic carbocycles. The van der Waals surface area contributed by atoms with Crippen molar-refractivity contribution in [2.45, 2.75) is 13.0 Å². The summed E-state index contributed by atoms with van der Waals surface area (Å²) in [7, 11) is 0. The van der Waals surface area contributed by atoms with E-state index in [1.807, 2.05) is 6.07 Å². The number of hydrogen-bond acceptors (Lipinski definition) is 6. The Kier molecular flexibility index (Phi) is 4.24. The number of hydrazone groups is 1. The molecule has 124 valence electrons. The smallest absolute Gasteiger partial charge is 0.284 e. The fourth-order valence-electron chi connectivity index (χ4n) is 2.25. The lowest BCUT2D eigenvalue weighted by Gasteiger charge is -2.24. The third-order valence-electron chi connectivity index (χ3n) is 3.51. The predicted molar refractivity (Wildman–Crippen MR) is 86.5 cm³/mol. The van der Waals surface area contributed by atoms with Crippen LogP contribution in [0.15, 0.2) is 47.6 Å². The molecular formula is C17H16N2O5. The highest BCUT2D eigenvalue weighted by Crippen LogP contribution is 2.30. The van der Waals surface area contributed by atoms with Gasteiger partial charge in [-0.3, -0.25) is 4.79 Å².